The molecule has 0 radical (unpaired) electrons. The van der Waals surface area contributed by atoms with E-state index in [0.29, 0.717) is 25.1 Å². The fourth-order valence-corrected chi connectivity index (χ4v) is 3.99. The van der Waals surface area contributed by atoms with Gasteiger partial charge >= 0.3 is 11.7 Å². The number of likely N-dealkylation sites (tertiary alicyclic amines) is 1. The van der Waals surface area contributed by atoms with Crippen LogP contribution < -0.4 is 4.74 Å². The Morgan fingerprint density at radius 2 is 2.19 bits per heavy atom. The molecule has 0 aromatic heterocycles. The van der Waals surface area contributed by atoms with Crippen molar-refractivity contribution in [3.8, 4) is 5.75 Å². The van der Waals surface area contributed by atoms with E-state index in [1.165, 1.54) is 24.9 Å². The van der Waals surface area contributed by atoms with Crippen LogP contribution in [0.3, 0.4) is 0 Å². The van der Waals surface area contributed by atoms with E-state index < -0.39 is 16.8 Å². The lowest BCUT2D eigenvalue weighted by atomic mass is 9.90. The predicted octanol–water partition coefficient (Wildman–Crippen LogP) is 2.55. The summed E-state index contributed by atoms with van der Waals surface area (Å²) >= 11 is 1.35. The van der Waals surface area contributed by atoms with Crippen molar-refractivity contribution in [2.24, 2.45) is 5.92 Å². The number of nitro groups is 1. The zero-order chi connectivity index (χ0) is 19.3. The molecule has 1 fully saturated rings. The van der Waals surface area contributed by atoms with E-state index >= 15 is 0 Å². The highest BCUT2D eigenvalue weighted by atomic mass is 32.2. The van der Waals surface area contributed by atoms with Gasteiger partial charge in [-0.2, -0.15) is 0 Å². The molecule has 1 aliphatic heterocycles. The first kappa shape index (κ1) is 20.0. The number of thioether (sulfide) groups is 1. The van der Waals surface area contributed by atoms with Gasteiger partial charge in [0.05, 0.1) is 23.7 Å². The first-order valence-corrected chi connectivity index (χ1v) is 9.42. The van der Waals surface area contributed by atoms with Crippen molar-refractivity contribution >= 4 is 29.3 Å². The van der Waals surface area contributed by atoms with Gasteiger partial charge in [-0.1, -0.05) is 6.07 Å². The summed E-state index contributed by atoms with van der Waals surface area (Å²) < 4.78 is 4.97. The number of carbonyl (C=O) groups is 2. The average molecular weight is 382 g/mol. The Morgan fingerprint density at radius 3 is 2.81 bits per heavy atom. The molecule has 0 unspecified atom stereocenters. The van der Waals surface area contributed by atoms with Gasteiger partial charge in [0.2, 0.25) is 5.91 Å². The summed E-state index contributed by atoms with van der Waals surface area (Å²) in [5.74, 6) is -0.647. The molecule has 2 atom stereocenters. The lowest BCUT2D eigenvalue weighted by Gasteiger charge is -2.37. The molecule has 0 saturated carbocycles. The van der Waals surface area contributed by atoms with E-state index in [-0.39, 0.29) is 29.1 Å². The van der Waals surface area contributed by atoms with Gasteiger partial charge in [0.1, 0.15) is 0 Å². The van der Waals surface area contributed by atoms with Gasteiger partial charge in [-0.25, -0.2) is 0 Å². The summed E-state index contributed by atoms with van der Waals surface area (Å²) in [5, 5.41) is 20.3. The number of benzene rings is 1. The molecular weight excluding hydrogens is 360 g/mol. The number of piperidine rings is 1. The molecule has 1 amide bonds. The van der Waals surface area contributed by atoms with E-state index in [9.17, 15) is 24.8 Å². The number of nitro benzene ring substituents is 1. The van der Waals surface area contributed by atoms with Crippen LogP contribution in [0.25, 0.3) is 0 Å². The maximum atomic E-state index is 12.4. The largest absolute Gasteiger partial charge is 0.490 e. The van der Waals surface area contributed by atoms with E-state index in [4.69, 9.17) is 4.74 Å². The lowest BCUT2D eigenvalue weighted by molar-refractivity contribution is -0.385. The summed E-state index contributed by atoms with van der Waals surface area (Å²) in [6.45, 7) is 2.34. The van der Waals surface area contributed by atoms with Crippen molar-refractivity contribution in [3.05, 3.63) is 33.9 Å². The molecule has 1 saturated heterocycles. The molecule has 0 bridgehead atoms. The number of hydrogen-bond acceptors (Lipinski definition) is 6. The third-order valence-corrected chi connectivity index (χ3v) is 5.55. The van der Waals surface area contributed by atoms with Gasteiger partial charge in [-0.15, -0.1) is 11.8 Å². The lowest BCUT2D eigenvalue weighted by Crippen LogP contribution is -2.49. The molecule has 8 nitrogen and oxygen atoms in total. The molecular formula is C17H22N2O6S. The zero-order valence-electron chi connectivity index (χ0n) is 14.7. The number of carboxylic acid groups (broad SMARTS) is 1. The van der Waals surface area contributed by atoms with E-state index in [2.05, 4.69) is 0 Å². The molecule has 0 spiro atoms. The highest BCUT2D eigenvalue weighted by molar-refractivity contribution is 7.99. The molecule has 0 aliphatic carbocycles. The normalized spacial score (nSPS) is 19.8. The summed E-state index contributed by atoms with van der Waals surface area (Å²) in [6.07, 6.45) is 1.27. The van der Waals surface area contributed by atoms with Crippen LogP contribution in [-0.2, 0) is 15.3 Å². The monoisotopic (exact) mass is 382 g/mol. The number of aliphatic carboxylic acids is 1. The van der Waals surface area contributed by atoms with Crippen LogP contribution >= 0.6 is 11.8 Å². The number of methoxy groups -OCH3 is 1. The van der Waals surface area contributed by atoms with Gasteiger partial charge < -0.3 is 14.7 Å². The molecule has 1 aromatic carbocycles. The molecule has 1 heterocycles. The first-order valence-electron chi connectivity index (χ1n) is 8.26. The van der Waals surface area contributed by atoms with Gasteiger partial charge in [0.15, 0.2) is 5.75 Å². The minimum Gasteiger partial charge on any atom is -0.490 e. The SMILES string of the molecule is COc1ccc(CSCC(=O)N2CCC[C@H](C(=O)O)[C@@H]2C)cc1[N+](=O)[O-]. The van der Waals surface area contributed by atoms with Crippen LogP contribution in [0, 0.1) is 16.0 Å². The van der Waals surface area contributed by atoms with Crippen LogP contribution in [0.1, 0.15) is 25.3 Å². The maximum Gasteiger partial charge on any atom is 0.311 e. The number of carbonyl (C=O) groups excluding carboxylic acids is 1. The van der Waals surface area contributed by atoms with Crippen molar-refractivity contribution in [1.29, 1.82) is 0 Å². The maximum absolute atomic E-state index is 12.4. The van der Waals surface area contributed by atoms with Crippen LogP contribution in [0.2, 0.25) is 0 Å². The number of ether oxygens (including phenoxy) is 1. The fraction of sp³-hybridized carbons (Fsp3) is 0.529. The van der Waals surface area contributed by atoms with Crippen LogP contribution in [0.4, 0.5) is 5.69 Å². The van der Waals surface area contributed by atoms with E-state index in [1.54, 1.807) is 24.0 Å². The molecule has 1 N–H and O–H groups in total. The summed E-state index contributed by atoms with van der Waals surface area (Å²) in [5.41, 5.74) is 0.622. The van der Waals surface area contributed by atoms with Crippen molar-refractivity contribution in [2.45, 2.75) is 31.6 Å². The summed E-state index contributed by atoms with van der Waals surface area (Å²) in [7, 11) is 1.37. The Morgan fingerprint density at radius 1 is 1.46 bits per heavy atom. The van der Waals surface area contributed by atoms with E-state index in [0.717, 1.165) is 5.56 Å². The van der Waals surface area contributed by atoms with Crippen molar-refractivity contribution in [3.63, 3.8) is 0 Å². The standard InChI is InChI=1S/C17H22N2O6S/c1-11-13(17(21)22)4-3-7-18(11)16(20)10-26-9-12-5-6-15(25-2)14(8-12)19(23)24/h5-6,8,11,13H,3-4,7,9-10H2,1-2H3,(H,21,22)/t11-,13-/m0/s1. The molecule has 26 heavy (non-hydrogen) atoms. The Hall–Kier alpha value is -2.29. The number of hydrogen-bond donors (Lipinski definition) is 1. The van der Waals surface area contributed by atoms with Gasteiger partial charge in [-0.3, -0.25) is 19.7 Å². The number of carboxylic acids is 1. The quantitative estimate of drug-likeness (QED) is 0.570. The Kier molecular flexibility index (Phi) is 6.84. The Balaban J connectivity index is 1.93. The van der Waals surface area contributed by atoms with Gasteiger partial charge in [0.25, 0.3) is 0 Å². The van der Waals surface area contributed by atoms with Gasteiger partial charge in [0, 0.05) is 24.4 Å². The molecule has 2 rings (SSSR count). The smallest absolute Gasteiger partial charge is 0.311 e. The molecule has 9 heteroatoms. The fourth-order valence-electron chi connectivity index (χ4n) is 3.13. The van der Waals surface area contributed by atoms with Crippen LogP contribution in [0.5, 0.6) is 5.75 Å². The second kappa shape index (κ2) is 8.88. The average Bonchev–Trinajstić information content (AvgIpc) is 2.61. The predicted molar refractivity (Wildman–Crippen MR) is 97.3 cm³/mol. The van der Waals surface area contributed by atoms with Crippen molar-refractivity contribution in [2.75, 3.05) is 19.4 Å². The number of rotatable bonds is 7. The summed E-state index contributed by atoms with van der Waals surface area (Å²) in [6, 6.07) is 4.39. The third kappa shape index (κ3) is 4.66. The third-order valence-electron chi connectivity index (χ3n) is 4.56. The molecule has 142 valence electrons. The summed E-state index contributed by atoms with van der Waals surface area (Å²) in [4.78, 5) is 35.9. The molecule has 1 aliphatic rings. The Bertz CT molecular complexity index is 696. The van der Waals surface area contributed by atoms with Gasteiger partial charge in [-0.05, 0) is 31.4 Å². The number of amides is 1. The van der Waals surface area contributed by atoms with Crippen molar-refractivity contribution in [1.82, 2.24) is 4.90 Å². The second-order valence-electron chi connectivity index (χ2n) is 6.17. The molecule has 1 aromatic rings. The topological polar surface area (TPSA) is 110 Å². The minimum absolute atomic E-state index is 0.100. The highest BCUT2D eigenvalue weighted by Crippen LogP contribution is 2.29. The Labute approximate surface area is 155 Å². The minimum atomic E-state index is -0.867. The van der Waals surface area contributed by atoms with E-state index in [1.807, 2.05) is 0 Å². The first-order chi connectivity index (χ1) is 12.3. The number of nitrogens with zero attached hydrogens (tertiary/aromatic N) is 2. The van der Waals surface area contributed by atoms with Crippen LogP contribution in [0.15, 0.2) is 18.2 Å². The highest BCUT2D eigenvalue weighted by Gasteiger charge is 2.35. The van der Waals surface area contributed by atoms with Crippen LogP contribution in [-0.4, -0.2) is 52.3 Å². The second-order valence-corrected chi connectivity index (χ2v) is 7.16. The van der Waals surface area contributed by atoms with Crippen molar-refractivity contribution < 1.29 is 24.4 Å². The zero-order valence-corrected chi connectivity index (χ0v) is 15.5.